The van der Waals surface area contributed by atoms with Gasteiger partial charge in [-0.15, -0.1) is 0 Å². The van der Waals surface area contributed by atoms with Crippen LogP contribution in [-0.2, 0) is 14.6 Å². The lowest BCUT2D eigenvalue weighted by Crippen LogP contribution is -2.28. The monoisotopic (exact) mass is 287 g/mol. The number of rotatable bonds is 5. The quantitative estimate of drug-likeness (QED) is 0.707. The molecular formula is C11H17N3O4S. The van der Waals surface area contributed by atoms with E-state index in [1.54, 1.807) is 18.9 Å². The standard InChI is InChI=1S/C11H17N3O4S/c1-8-12-7-9(11(15)18-3)10(13-8)14(2)5-6-19(4,16)17/h7H,5-6H2,1-4H3. The number of carbonyl (C=O) groups excluding carboxylic acids is 1. The number of hydrogen-bond acceptors (Lipinski definition) is 7. The molecular weight excluding hydrogens is 270 g/mol. The van der Waals surface area contributed by atoms with Gasteiger partial charge in [-0.25, -0.2) is 23.2 Å². The summed E-state index contributed by atoms with van der Waals surface area (Å²) in [4.78, 5) is 21.3. The number of esters is 1. The van der Waals surface area contributed by atoms with Crippen LogP contribution < -0.4 is 4.90 Å². The molecule has 0 N–H and O–H groups in total. The molecule has 0 unspecified atom stereocenters. The number of ether oxygens (including phenoxy) is 1. The second-order valence-corrected chi connectivity index (χ2v) is 6.46. The van der Waals surface area contributed by atoms with Crippen molar-refractivity contribution in [1.82, 2.24) is 9.97 Å². The molecule has 19 heavy (non-hydrogen) atoms. The van der Waals surface area contributed by atoms with Crippen LogP contribution >= 0.6 is 0 Å². The summed E-state index contributed by atoms with van der Waals surface area (Å²) in [6, 6.07) is 0. The summed E-state index contributed by atoms with van der Waals surface area (Å²) in [6.07, 6.45) is 2.54. The zero-order valence-electron chi connectivity index (χ0n) is 11.4. The van der Waals surface area contributed by atoms with E-state index in [2.05, 4.69) is 14.7 Å². The van der Waals surface area contributed by atoms with Crippen molar-refractivity contribution in [2.24, 2.45) is 0 Å². The van der Waals surface area contributed by atoms with Crippen molar-refractivity contribution in [3.63, 3.8) is 0 Å². The predicted octanol–water partition coefficient (Wildman–Crippen LogP) is 0.0524. The minimum atomic E-state index is -3.08. The first-order valence-electron chi connectivity index (χ1n) is 5.55. The molecule has 0 aliphatic rings. The number of sulfone groups is 1. The highest BCUT2D eigenvalue weighted by Gasteiger charge is 2.18. The lowest BCUT2D eigenvalue weighted by molar-refractivity contribution is 0.0600. The van der Waals surface area contributed by atoms with Crippen LogP contribution in [0.15, 0.2) is 6.20 Å². The molecule has 1 rings (SSSR count). The lowest BCUT2D eigenvalue weighted by atomic mass is 10.3. The van der Waals surface area contributed by atoms with Gasteiger partial charge in [-0.1, -0.05) is 0 Å². The Balaban J connectivity index is 3.03. The molecule has 0 aliphatic heterocycles. The predicted molar refractivity (Wildman–Crippen MR) is 71.1 cm³/mol. The highest BCUT2D eigenvalue weighted by atomic mass is 32.2. The molecule has 0 aromatic carbocycles. The maximum Gasteiger partial charge on any atom is 0.343 e. The molecule has 0 amide bonds. The van der Waals surface area contributed by atoms with E-state index in [4.69, 9.17) is 0 Å². The molecule has 0 aliphatic carbocycles. The number of aromatic nitrogens is 2. The molecule has 0 saturated heterocycles. The molecule has 8 heteroatoms. The Morgan fingerprint density at radius 3 is 2.63 bits per heavy atom. The summed E-state index contributed by atoms with van der Waals surface area (Å²) < 4.78 is 27.0. The van der Waals surface area contributed by atoms with Crippen molar-refractivity contribution < 1.29 is 17.9 Å². The van der Waals surface area contributed by atoms with Gasteiger partial charge in [0, 0.05) is 26.0 Å². The Labute approximate surface area is 112 Å². The average Bonchev–Trinajstić information content (AvgIpc) is 2.34. The van der Waals surface area contributed by atoms with Crippen LogP contribution in [-0.4, -0.2) is 57.1 Å². The molecule has 7 nitrogen and oxygen atoms in total. The number of aryl methyl sites for hydroxylation is 1. The van der Waals surface area contributed by atoms with Gasteiger partial charge in [-0.2, -0.15) is 0 Å². The highest BCUT2D eigenvalue weighted by Crippen LogP contribution is 2.16. The SMILES string of the molecule is COC(=O)c1cnc(C)nc1N(C)CCS(C)(=O)=O. The van der Waals surface area contributed by atoms with Crippen molar-refractivity contribution >= 4 is 21.6 Å². The minimum absolute atomic E-state index is 0.0207. The van der Waals surface area contributed by atoms with Crippen LogP contribution in [0.3, 0.4) is 0 Å². The van der Waals surface area contributed by atoms with Crippen LogP contribution in [0.25, 0.3) is 0 Å². The van der Waals surface area contributed by atoms with Crippen molar-refractivity contribution in [3.8, 4) is 0 Å². The Hall–Kier alpha value is -1.70. The van der Waals surface area contributed by atoms with Crippen molar-refractivity contribution in [2.75, 3.05) is 37.6 Å². The van der Waals surface area contributed by atoms with E-state index >= 15 is 0 Å². The van der Waals surface area contributed by atoms with Crippen LogP contribution in [0.2, 0.25) is 0 Å². The number of anilines is 1. The van der Waals surface area contributed by atoms with E-state index in [1.165, 1.54) is 13.3 Å². The van der Waals surface area contributed by atoms with Crippen LogP contribution in [0, 0.1) is 6.92 Å². The third kappa shape index (κ3) is 4.47. The van der Waals surface area contributed by atoms with E-state index in [-0.39, 0.29) is 17.9 Å². The zero-order chi connectivity index (χ0) is 14.6. The topological polar surface area (TPSA) is 89.5 Å². The largest absolute Gasteiger partial charge is 0.465 e. The summed E-state index contributed by atoms with van der Waals surface area (Å²) in [5.74, 6) is 0.283. The van der Waals surface area contributed by atoms with Gasteiger partial charge in [0.25, 0.3) is 0 Å². The fourth-order valence-electron chi connectivity index (χ4n) is 1.41. The second kappa shape index (κ2) is 5.96. The third-order valence-electron chi connectivity index (χ3n) is 2.45. The molecule has 1 aromatic heterocycles. The molecule has 0 atom stereocenters. The van der Waals surface area contributed by atoms with E-state index < -0.39 is 15.8 Å². The number of nitrogens with zero attached hydrogens (tertiary/aromatic N) is 3. The summed E-state index contributed by atoms with van der Waals surface area (Å²) in [6.45, 7) is 1.92. The van der Waals surface area contributed by atoms with E-state index in [0.717, 1.165) is 6.26 Å². The fraction of sp³-hybridized carbons (Fsp3) is 0.545. The molecule has 0 saturated carbocycles. The Kier molecular flexibility index (Phi) is 4.82. The summed E-state index contributed by atoms with van der Waals surface area (Å²) >= 11 is 0. The van der Waals surface area contributed by atoms with E-state index in [1.807, 2.05) is 0 Å². The van der Waals surface area contributed by atoms with E-state index in [9.17, 15) is 13.2 Å². The third-order valence-corrected chi connectivity index (χ3v) is 3.38. The van der Waals surface area contributed by atoms with Gasteiger partial charge >= 0.3 is 5.97 Å². The summed E-state index contributed by atoms with van der Waals surface area (Å²) in [5, 5.41) is 0. The van der Waals surface area contributed by atoms with Crippen LogP contribution in [0.4, 0.5) is 5.82 Å². The Bertz CT molecular complexity index is 571. The van der Waals surface area contributed by atoms with Crippen LogP contribution in [0.5, 0.6) is 0 Å². The van der Waals surface area contributed by atoms with Gasteiger partial charge in [0.15, 0.2) is 0 Å². The average molecular weight is 287 g/mol. The second-order valence-electron chi connectivity index (χ2n) is 4.20. The summed E-state index contributed by atoms with van der Waals surface area (Å²) in [5.41, 5.74) is 0.212. The Morgan fingerprint density at radius 2 is 2.11 bits per heavy atom. The summed E-state index contributed by atoms with van der Waals surface area (Å²) in [7, 11) is -0.145. The lowest BCUT2D eigenvalue weighted by Gasteiger charge is -2.19. The number of carbonyl (C=O) groups is 1. The van der Waals surface area contributed by atoms with Gasteiger partial charge in [-0.05, 0) is 6.92 Å². The molecule has 0 bridgehead atoms. The molecule has 1 heterocycles. The molecule has 1 aromatic rings. The van der Waals surface area contributed by atoms with Gasteiger partial charge in [0.2, 0.25) is 0 Å². The molecule has 0 radical (unpaired) electrons. The maximum absolute atomic E-state index is 11.6. The van der Waals surface area contributed by atoms with Crippen molar-refractivity contribution in [1.29, 1.82) is 0 Å². The van der Waals surface area contributed by atoms with Gasteiger partial charge < -0.3 is 9.64 Å². The van der Waals surface area contributed by atoms with Gasteiger partial charge in [-0.3, -0.25) is 0 Å². The Morgan fingerprint density at radius 1 is 1.47 bits per heavy atom. The fourth-order valence-corrected chi connectivity index (χ4v) is 2.02. The van der Waals surface area contributed by atoms with Crippen LogP contribution in [0.1, 0.15) is 16.2 Å². The number of hydrogen-bond donors (Lipinski definition) is 0. The molecule has 0 spiro atoms. The first-order chi connectivity index (χ1) is 8.74. The normalized spacial score (nSPS) is 11.2. The van der Waals surface area contributed by atoms with E-state index in [0.29, 0.717) is 11.6 Å². The van der Waals surface area contributed by atoms with Gasteiger partial charge in [0.1, 0.15) is 27.0 Å². The van der Waals surface area contributed by atoms with Gasteiger partial charge in [0.05, 0.1) is 12.9 Å². The first-order valence-corrected chi connectivity index (χ1v) is 7.61. The highest BCUT2D eigenvalue weighted by molar-refractivity contribution is 7.90. The number of methoxy groups -OCH3 is 1. The first kappa shape index (κ1) is 15.4. The molecule has 106 valence electrons. The molecule has 0 fully saturated rings. The van der Waals surface area contributed by atoms with Crippen molar-refractivity contribution in [2.45, 2.75) is 6.92 Å². The minimum Gasteiger partial charge on any atom is -0.465 e. The van der Waals surface area contributed by atoms with Crippen molar-refractivity contribution in [3.05, 3.63) is 17.6 Å². The maximum atomic E-state index is 11.6. The smallest absolute Gasteiger partial charge is 0.343 e. The zero-order valence-corrected chi connectivity index (χ0v) is 12.2.